The van der Waals surface area contributed by atoms with Crippen molar-refractivity contribution in [2.45, 2.75) is 83.7 Å². The Balaban J connectivity index is 0.00000320. The van der Waals surface area contributed by atoms with Gasteiger partial charge in [-0.2, -0.15) is 0 Å². The quantitative estimate of drug-likeness (QED) is 0.312. The SMILES string of the molecule is CN=C(NCC1CCCCN1CC(C)C)NC1CCN(C(=O)C2CCCCC2)C1.I. The van der Waals surface area contributed by atoms with Crippen LogP contribution in [0, 0.1) is 11.8 Å². The zero-order valence-corrected chi connectivity index (χ0v) is 21.7. The number of aliphatic imine (C=N–C) groups is 1. The number of carbonyl (C=O) groups is 1. The fourth-order valence-electron chi connectivity index (χ4n) is 5.29. The molecule has 0 radical (unpaired) electrons. The van der Waals surface area contributed by atoms with Gasteiger partial charge < -0.3 is 15.5 Å². The lowest BCUT2D eigenvalue weighted by Crippen LogP contribution is -2.51. The molecule has 0 bridgehead atoms. The summed E-state index contributed by atoms with van der Waals surface area (Å²) in [6, 6.07) is 0.907. The number of nitrogens with zero attached hydrogens (tertiary/aromatic N) is 3. The maximum Gasteiger partial charge on any atom is 0.225 e. The Kier molecular flexibility index (Phi) is 11.2. The third-order valence-electron chi connectivity index (χ3n) is 6.87. The Labute approximate surface area is 201 Å². The summed E-state index contributed by atoms with van der Waals surface area (Å²) in [5.74, 6) is 2.26. The van der Waals surface area contributed by atoms with Gasteiger partial charge in [-0.05, 0) is 44.6 Å². The average molecular weight is 534 g/mol. The summed E-state index contributed by atoms with van der Waals surface area (Å²) in [4.78, 5) is 22.0. The molecule has 2 saturated heterocycles. The highest BCUT2D eigenvalue weighted by Crippen LogP contribution is 2.26. The summed E-state index contributed by atoms with van der Waals surface area (Å²) in [6.07, 6.45) is 10.8. The molecule has 2 aliphatic heterocycles. The number of amides is 1. The van der Waals surface area contributed by atoms with E-state index in [-0.39, 0.29) is 29.9 Å². The van der Waals surface area contributed by atoms with Crippen LogP contribution in [0.25, 0.3) is 0 Å². The van der Waals surface area contributed by atoms with Crippen molar-refractivity contribution in [3.63, 3.8) is 0 Å². The molecule has 0 spiro atoms. The summed E-state index contributed by atoms with van der Waals surface area (Å²) < 4.78 is 0. The Morgan fingerprint density at radius 1 is 1.03 bits per heavy atom. The fourth-order valence-corrected chi connectivity index (χ4v) is 5.29. The molecule has 2 atom stereocenters. The zero-order valence-electron chi connectivity index (χ0n) is 19.4. The third kappa shape index (κ3) is 7.53. The molecule has 2 unspecified atom stereocenters. The Morgan fingerprint density at radius 2 is 1.77 bits per heavy atom. The number of piperidine rings is 1. The van der Waals surface area contributed by atoms with E-state index in [1.807, 2.05) is 7.05 Å². The highest BCUT2D eigenvalue weighted by atomic mass is 127. The van der Waals surface area contributed by atoms with Gasteiger partial charge in [-0.25, -0.2) is 0 Å². The largest absolute Gasteiger partial charge is 0.355 e. The van der Waals surface area contributed by atoms with Gasteiger partial charge in [0.1, 0.15) is 0 Å². The van der Waals surface area contributed by atoms with Gasteiger partial charge in [0.15, 0.2) is 5.96 Å². The molecule has 3 rings (SSSR count). The highest BCUT2D eigenvalue weighted by molar-refractivity contribution is 14.0. The van der Waals surface area contributed by atoms with E-state index in [0.717, 1.165) is 44.9 Å². The second kappa shape index (κ2) is 13.1. The van der Waals surface area contributed by atoms with Crippen molar-refractivity contribution in [1.82, 2.24) is 20.4 Å². The van der Waals surface area contributed by atoms with E-state index in [1.165, 1.54) is 51.6 Å². The number of rotatable bonds is 6. The Bertz CT molecular complexity index is 550. The lowest BCUT2D eigenvalue weighted by atomic mass is 9.88. The number of hydrogen-bond acceptors (Lipinski definition) is 3. The molecule has 2 N–H and O–H groups in total. The first kappa shape index (κ1) is 25.7. The first-order valence-electron chi connectivity index (χ1n) is 12.1. The minimum atomic E-state index is 0. The van der Waals surface area contributed by atoms with Gasteiger partial charge in [0.25, 0.3) is 0 Å². The fraction of sp³-hybridized carbons (Fsp3) is 0.913. The van der Waals surface area contributed by atoms with Gasteiger partial charge in [0.2, 0.25) is 5.91 Å². The summed E-state index contributed by atoms with van der Waals surface area (Å²) >= 11 is 0. The number of hydrogen-bond donors (Lipinski definition) is 2. The minimum Gasteiger partial charge on any atom is -0.355 e. The van der Waals surface area contributed by atoms with Crippen LogP contribution in [0.5, 0.6) is 0 Å². The van der Waals surface area contributed by atoms with E-state index < -0.39 is 0 Å². The summed E-state index contributed by atoms with van der Waals surface area (Å²) in [6.45, 7) is 9.66. The van der Waals surface area contributed by atoms with Crippen molar-refractivity contribution in [3.05, 3.63) is 0 Å². The average Bonchev–Trinajstić information content (AvgIpc) is 3.20. The number of halogens is 1. The predicted octanol–water partition coefficient (Wildman–Crippen LogP) is 3.46. The van der Waals surface area contributed by atoms with E-state index in [2.05, 4.69) is 39.3 Å². The molecule has 1 amide bonds. The van der Waals surface area contributed by atoms with Crippen LogP contribution < -0.4 is 10.6 Å². The molecule has 1 saturated carbocycles. The topological polar surface area (TPSA) is 60.0 Å². The molecular weight excluding hydrogens is 489 g/mol. The molecule has 1 aliphatic carbocycles. The minimum absolute atomic E-state index is 0. The number of guanidine groups is 1. The second-order valence-electron chi connectivity index (χ2n) is 9.74. The van der Waals surface area contributed by atoms with Crippen molar-refractivity contribution in [2.75, 3.05) is 39.8 Å². The molecule has 0 aromatic heterocycles. The van der Waals surface area contributed by atoms with Crippen molar-refractivity contribution >= 4 is 35.8 Å². The van der Waals surface area contributed by atoms with Gasteiger partial charge in [-0.15, -0.1) is 24.0 Å². The molecule has 3 aliphatic rings. The number of likely N-dealkylation sites (tertiary alicyclic amines) is 2. The van der Waals surface area contributed by atoms with Crippen LogP contribution in [0.15, 0.2) is 4.99 Å². The van der Waals surface area contributed by atoms with E-state index >= 15 is 0 Å². The number of carbonyl (C=O) groups excluding carboxylic acids is 1. The Hall–Kier alpha value is -0.570. The van der Waals surface area contributed by atoms with Crippen LogP contribution in [0.1, 0.15) is 71.6 Å². The lowest BCUT2D eigenvalue weighted by molar-refractivity contribution is -0.135. The summed E-state index contributed by atoms with van der Waals surface area (Å²) in [5, 5.41) is 7.15. The monoisotopic (exact) mass is 533 g/mol. The molecule has 30 heavy (non-hydrogen) atoms. The van der Waals surface area contributed by atoms with Crippen molar-refractivity contribution in [3.8, 4) is 0 Å². The van der Waals surface area contributed by atoms with E-state index in [4.69, 9.17) is 0 Å². The first-order chi connectivity index (χ1) is 14.1. The van der Waals surface area contributed by atoms with Crippen LogP contribution in [0.2, 0.25) is 0 Å². The summed E-state index contributed by atoms with van der Waals surface area (Å²) in [7, 11) is 1.85. The molecule has 0 aromatic carbocycles. The summed E-state index contributed by atoms with van der Waals surface area (Å²) in [5.41, 5.74) is 0. The van der Waals surface area contributed by atoms with Gasteiger partial charge >= 0.3 is 0 Å². The maximum absolute atomic E-state index is 12.8. The van der Waals surface area contributed by atoms with Crippen LogP contribution >= 0.6 is 24.0 Å². The maximum atomic E-state index is 12.8. The molecule has 0 aromatic rings. The van der Waals surface area contributed by atoms with E-state index in [1.54, 1.807) is 0 Å². The van der Waals surface area contributed by atoms with Crippen LogP contribution in [0.3, 0.4) is 0 Å². The van der Waals surface area contributed by atoms with Crippen molar-refractivity contribution < 1.29 is 4.79 Å². The van der Waals surface area contributed by atoms with E-state index in [0.29, 0.717) is 23.9 Å². The van der Waals surface area contributed by atoms with E-state index in [9.17, 15) is 4.79 Å². The number of nitrogens with one attached hydrogen (secondary N) is 2. The first-order valence-corrected chi connectivity index (χ1v) is 12.1. The molecule has 6 nitrogen and oxygen atoms in total. The van der Waals surface area contributed by atoms with Gasteiger partial charge in [0.05, 0.1) is 0 Å². The Morgan fingerprint density at radius 3 is 2.47 bits per heavy atom. The highest BCUT2D eigenvalue weighted by Gasteiger charge is 2.32. The van der Waals surface area contributed by atoms with Gasteiger partial charge in [0, 0.05) is 51.2 Å². The van der Waals surface area contributed by atoms with Crippen LogP contribution in [-0.4, -0.2) is 73.5 Å². The van der Waals surface area contributed by atoms with Gasteiger partial charge in [-0.3, -0.25) is 14.7 Å². The standard InChI is InChI=1S/C23H43N5O.HI/c1-18(2)16-27-13-8-7-11-21(27)15-25-23(24-3)26-20-12-14-28(17-20)22(29)19-9-5-4-6-10-19;/h18-21H,4-17H2,1-3H3,(H2,24,25,26);1H. The normalized spacial score (nSPS) is 26.5. The third-order valence-corrected chi connectivity index (χ3v) is 6.87. The molecule has 3 fully saturated rings. The smallest absolute Gasteiger partial charge is 0.225 e. The predicted molar refractivity (Wildman–Crippen MR) is 136 cm³/mol. The molecule has 7 heteroatoms. The molecule has 174 valence electrons. The van der Waals surface area contributed by atoms with Crippen LogP contribution in [-0.2, 0) is 4.79 Å². The van der Waals surface area contributed by atoms with Crippen molar-refractivity contribution in [2.24, 2.45) is 16.8 Å². The zero-order chi connectivity index (χ0) is 20.6. The van der Waals surface area contributed by atoms with Crippen molar-refractivity contribution in [1.29, 1.82) is 0 Å². The lowest BCUT2D eigenvalue weighted by Gasteiger charge is -2.37. The molecular formula is C23H44IN5O. The molecule has 2 heterocycles. The second-order valence-corrected chi connectivity index (χ2v) is 9.74. The van der Waals surface area contributed by atoms with Gasteiger partial charge in [-0.1, -0.05) is 39.5 Å². The van der Waals surface area contributed by atoms with Crippen LogP contribution in [0.4, 0.5) is 0 Å².